The van der Waals surface area contributed by atoms with Crippen LogP contribution in [0, 0.1) is 6.92 Å². The molecule has 10 nitrogen and oxygen atoms in total. The number of aliphatic hydroxyl groups is 1. The first kappa shape index (κ1) is 20.7. The Labute approximate surface area is 199 Å². The van der Waals surface area contributed by atoms with E-state index in [1.807, 2.05) is 13.0 Å². The molecule has 35 heavy (non-hydrogen) atoms. The lowest BCUT2D eigenvalue weighted by Crippen LogP contribution is -2.69. The van der Waals surface area contributed by atoms with Crippen molar-refractivity contribution in [3.05, 3.63) is 28.3 Å². The van der Waals surface area contributed by atoms with Crippen LogP contribution in [-0.2, 0) is 30.1 Å². The highest BCUT2D eigenvalue weighted by Gasteiger charge is 2.93. The maximum Gasteiger partial charge on any atom is 0.274 e. The van der Waals surface area contributed by atoms with Crippen LogP contribution in [0.25, 0.3) is 10.8 Å². The Morgan fingerprint density at radius 3 is 2.66 bits per heavy atom. The van der Waals surface area contributed by atoms with Crippen molar-refractivity contribution in [2.75, 3.05) is 26.9 Å². The van der Waals surface area contributed by atoms with Gasteiger partial charge in [-0.05, 0) is 31.4 Å². The zero-order valence-corrected chi connectivity index (χ0v) is 19.2. The van der Waals surface area contributed by atoms with Gasteiger partial charge in [0.15, 0.2) is 11.9 Å². The predicted molar refractivity (Wildman–Crippen MR) is 116 cm³/mol. The Bertz CT molecular complexity index is 1340. The van der Waals surface area contributed by atoms with Crippen molar-refractivity contribution in [1.29, 1.82) is 0 Å². The topological polar surface area (TPSA) is 125 Å². The molecular formula is C25H24O10. The molecule has 0 amide bonds. The third-order valence-electron chi connectivity index (χ3n) is 8.45. The number of aromatic hydroxyl groups is 1. The Balaban J connectivity index is 1.41. The van der Waals surface area contributed by atoms with Crippen molar-refractivity contribution in [3.8, 4) is 17.2 Å². The summed E-state index contributed by atoms with van der Waals surface area (Å²) in [6, 6.07) is 1.90. The van der Waals surface area contributed by atoms with Gasteiger partial charge in [-0.3, -0.25) is 4.79 Å². The molecule has 2 aromatic carbocycles. The normalized spacial score (nSPS) is 38.7. The second kappa shape index (κ2) is 6.26. The van der Waals surface area contributed by atoms with Crippen LogP contribution in [0.2, 0.25) is 0 Å². The van der Waals surface area contributed by atoms with Crippen molar-refractivity contribution in [2.45, 2.75) is 61.9 Å². The minimum absolute atomic E-state index is 0.123. The number of phenols is 1. The highest BCUT2D eigenvalue weighted by atomic mass is 16.9. The van der Waals surface area contributed by atoms with Gasteiger partial charge in [0.05, 0.1) is 37.9 Å². The maximum absolute atomic E-state index is 12.9. The lowest BCUT2D eigenvalue weighted by atomic mass is 9.78. The van der Waals surface area contributed by atoms with Crippen molar-refractivity contribution >= 4 is 16.6 Å². The minimum atomic E-state index is -1.92. The van der Waals surface area contributed by atoms with Gasteiger partial charge in [0, 0.05) is 22.9 Å². The quantitative estimate of drug-likeness (QED) is 0.609. The van der Waals surface area contributed by atoms with Crippen LogP contribution in [-0.4, -0.2) is 72.5 Å². The van der Waals surface area contributed by atoms with Crippen molar-refractivity contribution in [3.63, 3.8) is 0 Å². The van der Waals surface area contributed by atoms with Crippen molar-refractivity contribution < 1.29 is 48.2 Å². The summed E-state index contributed by atoms with van der Waals surface area (Å²) in [5.74, 6) is -2.96. The fourth-order valence-electron chi connectivity index (χ4n) is 6.89. The second-order valence-corrected chi connectivity index (χ2v) is 10.1. The molecule has 0 aromatic heterocycles. The molecule has 2 aromatic rings. The highest BCUT2D eigenvalue weighted by molar-refractivity contribution is 6.11. The van der Waals surface area contributed by atoms with Gasteiger partial charge in [-0.15, -0.1) is 0 Å². The first-order valence-corrected chi connectivity index (χ1v) is 11.9. The van der Waals surface area contributed by atoms with Crippen LogP contribution in [0.5, 0.6) is 17.2 Å². The lowest BCUT2D eigenvalue weighted by Gasteiger charge is -2.47. The SMILES string of the molecule is COc1c2c(c(O)c3c4c(c(C)cc13)[C@H]1OC3(C5OCCO5)OC1C(O)(O4)C31CO1)C(=O)CCC2. The van der Waals surface area contributed by atoms with E-state index in [0.29, 0.717) is 60.1 Å². The lowest BCUT2D eigenvalue weighted by molar-refractivity contribution is -0.332. The molecule has 4 fully saturated rings. The first-order valence-electron chi connectivity index (χ1n) is 11.9. The molecule has 8 rings (SSSR count). The molecule has 5 aliphatic heterocycles. The fraction of sp³-hybridized carbons (Fsp3) is 0.560. The number of ether oxygens (including phenoxy) is 7. The summed E-state index contributed by atoms with van der Waals surface area (Å²) < 4.78 is 42.3. The largest absolute Gasteiger partial charge is 0.506 e. The standard InChI is InChI=1S/C25H24O10/c1-10-8-12-16(17(27)15-11(18(12)29-2)4-3-5-13(15)26)19-14(10)20-21-24(28,33-19)23(9-32-23)25(34-20,35-21)22-30-6-7-31-22/h8,20-22,27-28H,3-7,9H2,1-2H3/t20-,21?,23?,24?,25?/m1/s1. The third-order valence-corrected chi connectivity index (χ3v) is 8.45. The molecule has 2 N–H and O–H groups in total. The van der Waals surface area contributed by atoms with E-state index in [1.165, 1.54) is 0 Å². The van der Waals surface area contributed by atoms with Crippen LogP contribution in [0.1, 0.15) is 46.0 Å². The Kier molecular flexibility index (Phi) is 3.70. The Hall–Kier alpha value is -2.47. The summed E-state index contributed by atoms with van der Waals surface area (Å²) >= 11 is 0. The first-order chi connectivity index (χ1) is 16.9. The number of rotatable bonds is 2. The fourth-order valence-corrected chi connectivity index (χ4v) is 6.89. The average molecular weight is 484 g/mol. The molecular weight excluding hydrogens is 460 g/mol. The Morgan fingerprint density at radius 2 is 1.94 bits per heavy atom. The van der Waals surface area contributed by atoms with Crippen LogP contribution in [0.15, 0.2) is 6.07 Å². The minimum Gasteiger partial charge on any atom is -0.506 e. The van der Waals surface area contributed by atoms with E-state index in [4.69, 9.17) is 33.2 Å². The summed E-state index contributed by atoms with van der Waals surface area (Å²) in [6.45, 7) is 2.77. The second-order valence-electron chi connectivity index (χ2n) is 10.1. The molecule has 5 atom stereocenters. The number of carbonyl (C=O) groups is 1. The number of epoxide rings is 1. The van der Waals surface area contributed by atoms with E-state index in [-0.39, 0.29) is 29.5 Å². The molecule has 1 spiro atoms. The monoisotopic (exact) mass is 484 g/mol. The average Bonchev–Trinajstić information content (AvgIpc) is 3.20. The summed E-state index contributed by atoms with van der Waals surface area (Å²) in [7, 11) is 1.55. The van der Waals surface area contributed by atoms with E-state index in [0.717, 1.165) is 5.56 Å². The maximum atomic E-state index is 12.9. The van der Waals surface area contributed by atoms with Crippen LogP contribution < -0.4 is 9.47 Å². The van der Waals surface area contributed by atoms with Crippen molar-refractivity contribution in [1.82, 2.24) is 0 Å². The molecule has 1 aliphatic carbocycles. The number of benzene rings is 2. The summed E-state index contributed by atoms with van der Waals surface area (Å²) in [4.78, 5) is 12.9. The zero-order chi connectivity index (χ0) is 23.9. The molecule has 6 aliphatic rings. The Morgan fingerprint density at radius 1 is 1.17 bits per heavy atom. The van der Waals surface area contributed by atoms with Gasteiger partial charge in [0.25, 0.3) is 11.6 Å². The van der Waals surface area contributed by atoms with Crippen LogP contribution >= 0.6 is 0 Å². The van der Waals surface area contributed by atoms with E-state index in [1.54, 1.807) is 7.11 Å². The van der Waals surface area contributed by atoms with Gasteiger partial charge in [-0.1, -0.05) is 0 Å². The summed E-state index contributed by atoms with van der Waals surface area (Å²) in [5.41, 5.74) is 1.03. The number of phenolic OH excluding ortho intramolecular Hbond substituents is 1. The van der Waals surface area contributed by atoms with Crippen LogP contribution in [0.4, 0.5) is 0 Å². The highest BCUT2D eigenvalue weighted by Crippen LogP contribution is 2.71. The molecule has 2 bridgehead atoms. The zero-order valence-electron chi connectivity index (χ0n) is 19.2. The van der Waals surface area contributed by atoms with Gasteiger partial charge in [-0.25, -0.2) is 0 Å². The molecule has 10 heteroatoms. The van der Waals surface area contributed by atoms with E-state index < -0.39 is 35.7 Å². The summed E-state index contributed by atoms with van der Waals surface area (Å²) in [5, 5.41) is 24.3. The number of aryl methyl sites for hydroxylation is 1. The van der Waals surface area contributed by atoms with Gasteiger partial charge < -0.3 is 43.4 Å². The number of ketones is 1. The molecule has 4 saturated heterocycles. The number of Topliss-reactive ketones (excluding diaryl/α,β-unsaturated/α-hetero) is 1. The van der Waals surface area contributed by atoms with Gasteiger partial charge in [-0.2, -0.15) is 0 Å². The van der Waals surface area contributed by atoms with E-state index >= 15 is 0 Å². The smallest absolute Gasteiger partial charge is 0.274 e. The number of carbonyl (C=O) groups excluding carboxylic acids is 1. The predicted octanol–water partition coefficient (Wildman–Crippen LogP) is 1.77. The van der Waals surface area contributed by atoms with E-state index in [2.05, 4.69) is 0 Å². The van der Waals surface area contributed by atoms with E-state index in [9.17, 15) is 15.0 Å². The molecule has 4 unspecified atom stereocenters. The number of hydrogen-bond donors (Lipinski definition) is 2. The van der Waals surface area contributed by atoms with Crippen molar-refractivity contribution in [2.24, 2.45) is 0 Å². The molecule has 184 valence electrons. The summed E-state index contributed by atoms with van der Waals surface area (Å²) in [6.07, 6.45) is -0.850. The third kappa shape index (κ3) is 2.10. The molecule has 0 radical (unpaired) electrons. The number of methoxy groups -OCH3 is 1. The van der Waals surface area contributed by atoms with Gasteiger partial charge in [0.2, 0.25) is 11.9 Å². The number of fused-ring (bicyclic) bond motifs is 8. The van der Waals surface area contributed by atoms with Gasteiger partial charge in [0.1, 0.15) is 23.4 Å². The van der Waals surface area contributed by atoms with Gasteiger partial charge >= 0.3 is 0 Å². The van der Waals surface area contributed by atoms with Crippen LogP contribution in [0.3, 0.4) is 0 Å². The molecule has 0 saturated carbocycles. The number of hydrogen-bond acceptors (Lipinski definition) is 10. The molecule has 5 heterocycles.